The Bertz CT molecular complexity index is 142. The van der Waals surface area contributed by atoms with Crippen LogP contribution in [0.15, 0.2) is 0 Å². The van der Waals surface area contributed by atoms with E-state index in [1.165, 1.54) is 49.4 Å². The third kappa shape index (κ3) is 7.16. The fourth-order valence-electron chi connectivity index (χ4n) is 2.13. The molecule has 0 aromatic carbocycles. The van der Waals surface area contributed by atoms with Gasteiger partial charge in [-0.15, -0.1) is 0 Å². The van der Waals surface area contributed by atoms with Gasteiger partial charge in [0.25, 0.3) is 0 Å². The summed E-state index contributed by atoms with van der Waals surface area (Å²) in [6.07, 6.45) is 9.38. The molecule has 0 rings (SSSR count). The van der Waals surface area contributed by atoms with Crippen molar-refractivity contribution in [3.8, 4) is 0 Å². The predicted molar refractivity (Wildman–Crippen MR) is 74.3 cm³/mol. The van der Waals surface area contributed by atoms with Crippen LogP contribution in [0.4, 0.5) is 0 Å². The van der Waals surface area contributed by atoms with Crippen LogP contribution < -0.4 is 0 Å². The van der Waals surface area contributed by atoms with Gasteiger partial charge in [0.15, 0.2) is 0 Å². The topological polar surface area (TPSA) is 9.23 Å². The van der Waals surface area contributed by atoms with Gasteiger partial charge in [-0.3, -0.25) is 0 Å². The van der Waals surface area contributed by atoms with Gasteiger partial charge in [0.05, 0.1) is 0 Å². The van der Waals surface area contributed by atoms with E-state index in [9.17, 15) is 0 Å². The Kier molecular flexibility index (Phi) is 11.4. The molecular weight excluding hydrogens is 303 g/mol. The maximum absolute atomic E-state index is 6.19. The molecule has 1 atom stereocenters. The second-order valence-electron chi connectivity index (χ2n) is 4.56. The van der Waals surface area contributed by atoms with Gasteiger partial charge < -0.3 is 0 Å². The molecule has 0 saturated heterocycles. The molecular formula is C14H30OSn. The third-order valence-electron chi connectivity index (χ3n) is 2.99. The zero-order valence-electron chi connectivity index (χ0n) is 11.8. The summed E-state index contributed by atoms with van der Waals surface area (Å²) in [6, 6.07) is 0. The van der Waals surface area contributed by atoms with Crippen molar-refractivity contribution in [1.29, 1.82) is 0 Å². The number of ether oxygens (including phenoxy) is 1. The molecule has 16 heavy (non-hydrogen) atoms. The quantitative estimate of drug-likeness (QED) is 0.396. The second-order valence-corrected chi connectivity index (χ2v) is 9.60. The minimum atomic E-state index is -0.354. The molecule has 1 nitrogen and oxygen atoms in total. The number of hydrogen-bond donors (Lipinski definition) is 0. The zero-order chi connectivity index (χ0) is 12.3. The fraction of sp³-hybridized carbons (Fsp3) is 1.00. The number of rotatable bonds is 11. The molecule has 0 aliphatic carbocycles. The Labute approximate surface area is 113 Å². The summed E-state index contributed by atoms with van der Waals surface area (Å²) in [6.45, 7) is 9.97. The number of unbranched alkanes of at least 4 members (excludes halogenated alkanes) is 2. The molecule has 1 unspecified atom stereocenters. The molecule has 0 spiro atoms. The fourth-order valence-corrected chi connectivity index (χ4v) is 7.88. The molecule has 0 aliphatic heterocycles. The van der Waals surface area contributed by atoms with Crippen LogP contribution in [0.3, 0.4) is 0 Å². The van der Waals surface area contributed by atoms with E-state index in [-0.39, 0.29) is 21.1 Å². The summed E-state index contributed by atoms with van der Waals surface area (Å²) < 4.78 is 8.07. The van der Waals surface area contributed by atoms with Crippen LogP contribution in [0.5, 0.6) is 0 Å². The molecule has 0 fully saturated rings. The van der Waals surface area contributed by atoms with Gasteiger partial charge in [-0.1, -0.05) is 0 Å². The van der Waals surface area contributed by atoms with E-state index in [0.717, 1.165) is 6.61 Å². The van der Waals surface area contributed by atoms with Crippen LogP contribution in [0.1, 0.15) is 72.6 Å². The van der Waals surface area contributed by atoms with Crippen molar-refractivity contribution in [2.45, 2.75) is 80.7 Å². The van der Waals surface area contributed by atoms with Crippen molar-refractivity contribution in [1.82, 2.24) is 0 Å². The van der Waals surface area contributed by atoms with Gasteiger partial charge in [0, 0.05) is 0 Å². The van der Waals surface area contributed by atoms with Crippen LogP contribution in [0, 0.1) is 0 Å². The van der Waals surface area contributed by atoms with Crippen molar-refractivity contribution in [2.24, 2.45) is 0 Å². The van der Waals surface area contributed by atoms with Gasteiger partial charge in [-0.2, -0.15) is 0 Å². The molecule has 2 radical (unpaired) electrons. The van der Waals surface area contributed by atoms with Gasteiger partial charge >= 0.3 is 113 Å². The SMILES string of the molecule is CCC[CH2][Sn][C](CCC)(CCCC)OCC. The first kappa shape index (κ1) is 16.8. The minimum absolute atomic E-state index is 0.354. The molecule has 2 heteroatoms. The Morgan fingerprint density at radius 3 is 2.06 bits per heavy atom. The van der Waals surface area contributed by atoms with Crippen LogP contribution in [0.2, 0.25) is 4.44 Å². The van der Waals surface area contributed by atoms with E-state index in [0.29, 0.717) is 3.62 Å². The molecule has 0 aromatic rings. The monoisotopic (exact) mass is 334 g/mol. The summed E-state index contributed by atoms with van der Waals surface area (Å²) in [5, 5.41) is 0. The Balaban J connectivity index is 4.24. The molecule has 0 bridgehead atoms. The predicted octanol–water partition coefficient (Wildman–Crippen LogP) is 4.63. The first-order chi connectivity index (χ1) is 7.74. The maximum atomic E-state index is 6.19. The van der Waals surface area contributed by atoms with Crippen LogP contribution in [-0.4, -0.2) is 31.4 Å². The van der Waals surface area contributed by atoms with Gasteiger partial charge in [-0.05, 0) is 0 Å². The molecule has 0 amide bonds. The van der Waals surface area contributed by atoms with E-state index in [2.05, 4.69) is 27.7 Å². The Morgan fingerprint density at radius 2 is 1.56 bits per heavy atom. The first-order valence-electron chi connectivity index (χ1n) is 7.13. The normalized spacial score (nSPS) is 15.0. The van der Waals surface area contributed by atoms with Crippen molar-refractivity contribution in [3.05, 3.63) is 0 Å². The molecule has 0 aliphatic rings. The van der Waals surface area contributed by atoms with Gasteiger partial charge in [-0.25, -0.2) is 0 Å². The molecule has 0 saturated carbocycles. The van der Waals surface area contributed by atoms with Crippen molar-refractivity contribution in [3.63, 3.8) is 0 Å². The van der Waals surface area contributed by atoms with Crippen molar-refractivity contribution >= 4 is 21.1 Å². The van der Waals surface area contributed by atoms with E-state index in [1.54, 1.807) is 0 Å². The van der Waals surface area contributed by atoms with Crippen molar-refractivity contribution in [2.75, 3.05) is 6.61 Å². The molecule has 0 aromatic heterocycles. The van der Waals surface area contributed by atoms with Crippen LogP contribution >= 0.6 is 0 Å². The average molecular weight is 333 g/mol. The van der Waals surface area contributed by atoms with Crippen LogP contribution in [0.25, 0.3) is 0 Å². The second kappa shape index (κ2) is 10.9. The van der Waals surface area contributed by atoms with Crippen LogP contribution in [-0.2, 0) is 4.74 Å². The van der Waals surface area contributed by atoms with E-state index in [1.807, 2.05) is 0 Å². The molecule has 0 N–H and O–H groups in total. The summed E-state index contributed by atoms with van der Waals surface area (Å²) in [7, 11) is 0. The van der Waals surface area contributed by atoms with Gasteiger partial charge in [0.1, 0.15) is 0 Å². The Morgan fingerprint density at radius 1 is 0.875 bits per heavy atom. The summed E-state index contributed by atoms with van der Waals surface area (Å²) in [5.74, 6) is 0. The van der Waals surface area contributed by atoms with Gasteiger partial charge in [0.2, 0.25) is 0 Å². The summed E-state index contributed by atoms with van der Waals surface area (Å²) in [5.41, 5.74) is 0. The van der Waals surface area contributed by atoms with Crippen molar-refractivity contribution < 1.29 is 4.74 Å². The zero-order valence-corrected chi connectivity index (χ0v) is 14.6. The first-order valence-corrected chi connectivity index (χ1v) is 10.6. The molecule has 96 valence electrons. The van der Waals surface area contributed by atoms with E-state index < -0.39 is 0 Å². The third-order valence-corrected chi connectivity index (χ3v) is 8.39. The van der Waals surface area contributed by atoms with E-state index >= 15 is 0 Å². The Hall–Kier alpha value is 0.759. The average Bonchev–Trinajstić information content (AvgIpc) is 2.27. The number of hydrogen-bond acceptors (Lipinski definition) is 1. The van der Waals surface area contributed by atoms with E-state index in [4.69, 9.17) is 4.74 Å². The summed E-state index contributed by atoms with van der Waals surface area (Å²) >= 11 is -0.354. The standard InChI is InChI=1S/C10H21O.C4H9.Sn/c1-4-7-9-10(8-5-2)11-6-3;1-3-4-2;/h4-9H2,1-3H3;1,3-4H2,2H3;. The molecule has 0 heterocycles. The summed E-state index contributed by atoms with van der Waals surface area (Å²) in [4.78, 5) is 0.